The second-order valence-corrected chi connectivity index (χ2v) is 9.98. The van der Waals surface area contributed by atoms with Crippen molar-refractivity contribution < 1.29 is 29.3 Å². The molecule has 8 atom stereocenters. The SMILES string of the molecule is CC(=O)OCC(=O)[C@@]1(O)[C@H](C)C[C@H]2[C@@H]3C=CC4=CC(=O)C=C[C@]4(C)[C@H]3[C@@H](O)C[C@@]21C. The van der Waals surface area contributed by atoms with Crippen LogP contribution in [0.4, 0.5) is 0 Å². The third-order valence-corrected chi connectivity index (χ3v) is 8.47. The minimum atomic E-state index is -1.68. The van der Waals surface area contributed by atoms with Crippen LogP contribution in [0.5, 0.6) is 0 Å². The summed E-state index contributed by atoms with van der Waals surface area (Å²) in [7, 11) is 0. The van der Waals surface area contributed by atoms with Gasteiger partial charge in [0.05, 0.1) is 6.10 Å². The third-order valence-electron chi connectivity index (χ3n) is 8.47. The number of carbonyl (C=O) groups is 3. The Morgan fingerprint density at radius 3 is 2.63 bits per heavy atom. The number of allylic oxidation sites excluding steroid dienone is 6. The Labute approximate surface area is 176 Å². The van der Waals surface area contributed by atoms with Crippen molar-refractivity contribution in [2.75, 3.05) is 6.61 Å². The number of esters is 1. The van der Waals surface area contributed by atoms with E-state index in [9.17, 15) is 24.6 Å². The molecule has 2 N–H and O–H groups in total. The molecule has 0 saturated heterocycles. The van der Waals surface area contributed by atoms with Gasteiger partial charge in [-0.15, -0.1) is 0 Å². The summed E-state index contributed by atoms with van der Waals surface area (Å²) in [6.45, 7) is 6.55. The average Bonchev–Trinajstić information content (AvgIpc) is 2.87. The predicted octanol–water partition coefficient (Wildman–Crippen LogP) is 2.15. The zero-order valence-electron chi connectivity index (χ0n) is 17.9. The van der Waals surface area contributed by atoms with Crippen molar-refractivity contribution in [1.29, 1.82) is 0 Å². The first-order valence-corrected chi connectivity index (χ1v) is 10.7. The van der Waals surface area contributed by atoms with Crippen LogP contribution in [0.2, 0.25) is 0 Å². The van der Waals surface area contributed by atoms with Gasteiger partial charge in [0.15, 0.2) is 12.4 Å². The van der Waals surface area contributed by atoms with Gasteiger partial charge in [-0.2, -0.15) is 0 Å². The van der Waals surface area contributed by atoms with Gasteiger partial charge >= 0.3 is 5.97 Å². The van der Waals surface area contributed by atoms with Crippen LogP contribution in [-0.4, -0.2) is 46.1 Å². The van der Waals surface area contributed by atoms with Gasteiger partial charge in [-0.25, -0.2) is 0 Å². The van der Waals surface area contributed by atoms with Crippen molar-refractivity contribution in [2.24, 2.45) is 34.5 Å². The van der Waals surface area contributed by atoms with E-state index >= 15 is 0 Å². The van der Waals surface area contributed by atoms with Crippen LogP contribution >= 0.6 is 0 Å². The maximum absolute atomic E-state index is 13.1. The summed E-state index contributed by atoms with van der Waals surface area (Å²) in [6, 6.07) is 0. The van der Waals surface area contributed by atoms with Crippen molar-refractivity contribution in [1.82, 2.24) is 0 Å². The molecule has 0 aromatic rings. The van der Waals surface area contributed by atoms with Gasteiger partial charge in [0.25, 0.3) is 0 Å². The fourth-order valence-electron chi connectivity index (χ4n) is 6.99. The topological polar surface area (TPSA) is 101 Å². The Morgan fingerprint density at radius 1 is 1.27 bits per heavy atom. The van der Waals surface area contributed by atoms with Crippen molar-refractivity contribution >= 4 is 17.5 Å². The molecule has 0 aromatic carbocycles. The van der Waals surface area contributed by atoms with Crippen LogP contribution in [0.15, 0.2) is 36.0 Å². The third kappa shape index (κ3) is 2.66. The number of ketones is 2. The van der Waals surface area contributed by atoms with E-state index in [1.807, 2.05) is 39.0 Å². The van der Waals surface area contributed by atoms with Gasteiger partial charge in [-0.1, -0.05) is 39.0 Å². The van der Waals surface area contributed by atoms with E-state index in [0.717, 1.165) is 5.57 Å². The number of aliphatic hydroxyl groups is 2. The van der Waals surface area contributed by atoms with E-state index in [2.05, 4.69) is 0 Å². The lowest BCUT2D eigenvalue weighted by molar-refractivity contribution is -0.180. The van der Waals surface area contributed by atoms with Gasteiger partial charge in [0.2, 0.25) is 5.78 Å². The summed E-state index contributed by atoms with van der Waals surface area (Å²) >= 11 is 0. The fourth-order valence-corrected chi connectivity index (χ4v) is 6.99. The van der Waals surface area contributed by atoms with Gasteiger partial charge in [0, 0.05) is 23.7 Å². The van der Waals surface area contributed by atoms with E-state index in [1.165, 1.54) is 6.92 Å². The summed E-state index contributed by atoms with van der Waals surface area (Å²) in [5.41, 5.74) is -2.10. The molecule has 0 aliphatic heterocycles. The summed E-state index contributed by atoms with van der Waals surface area (Å²) in [5.74, 6) is -1.66. The van der Waals surface area contributed by atoms with Crippen molar-refractivity contribution in [3.05, 3.63) is 36.0 Å². The number of carbonyl (C=O) groups excluding carboxylic acids is 3. The average molecular weight is 414 g/mol. The maximum atomic E-state index is 13.1. The van der Waals surface area contributed by atoms with Crippen molar-refractivity contribution in [3.63, 3.8) is 0 Å². The second-order valence-electron chi connectivity index (χ2n) is 9.98. The lowest BCUT2D eigenvalue weighted by Gasteiger charge is -2.57. The Bertz CT molecular complexity index is 899. The molecule has 4 aliphatic rings. The highest BCUT2D eigenvalue weighted by Crippen LogP contribution is 2.67. The number of aliphatic hydroxyl groups excluding tert-OH is 1. The molecule has 162 valence electrons. The molecular formula is C24H30O6. The molecule has 4 rings (SSSR count). The van der Waals surface area contributed by atoms with Gasteiger partial charge in [-0.05, 0) is 48.3 Å². The van der Waals surface area contributed by atoms with Crippen molar-refractivity contribution in [3.8, 4) is 0 Å². The normalized spacial score (nSPS) is 46.5. The number of hydrogen-bond acceptors (Lipinski definition) is 6. The first kappa shape index (κ1) is 21.2. The first-order valence-electron chi connectivity index (χ1n) is 10.7. The minimum absolute atomic E-state index is 0.0205. The van der Waals surface area contributed by atoms with Crippen LogP contribution in [0, 0.1) is 34.5 Å². The van der Waals surface area contributed by atoms with Gasteiger partial charge < -0.3 is 14.9 Å². The van der Waals surface area contributed by atoms with Gasteiger partial charge in [0.1, 0.15) is 5.60 Å². The Hall–Kier alpha value is -2.05. The number of ether oxygens (including phenoxy) is 1. The zero-order chi connectivity index (χ0) is 22.1. The highest BCUT2D eigenvalue weighted by molar-refractivity contribution is 6.01. The molecule has 0 amide bonds. The Kier molecular flexibility index (Phi) is 4.75. The molecule has 2 saturated carbocycles. The van der Waals surface area contributed by atoms with E-state index in [4.69, 9.17) is 4.74 Å². The lowest BCUT2D eigenvalue weighted by Crippen LogP contribution is -2.62. The molecule has 4 aliphatic carbocycles. The smallest absolute Gasteiger partial charge is 0.303 e. The minimum Gasteiger partial charge on any atom is -0.458 e. The van der Waals surface area contributed by atoms with Gasteiger partial charge in [-0.3, -0.25) is 14.4 Å². The Morgan fingerprint density at radius 2 is 1.97 bits per heavy atom. The molecule has 0 bridgehead atoms. The zero-order valence-corrected chi connectivity index (χ0v) is 17.9. The molecule has 0 unspecified atom stereocenters. The number of hydrogen-bond donors (Lipinski definition) is 2. The molecule has 0 spiro atoms. The summed E-state index contributed by atoms with van der Waals surface area (Å²) in [4.78, 5) is 36.1. The lowest BCUT2D eigenvalue weighted by atomic mass is 9.47. The molecule has 0 radical (unpaired) electrons. The quantitative estimate of drug-likeness (QED) is 0.687. The molecule has 6 nitrogen and oxygen atoms in total. The van der Waals surface area contributed by atoms with Crippen LogP contribution in [0.1, 0.15) is 40.5 Å². The predicted molar refractivity (Wildman–Crippen MR) is 109 cm³/mol. The van der Waals surface area contributed by atoms with Crippen LogP contribution < -0.4 is 0 Å². The summed E-state index contributed by atoms with van der Waals surface area (Å²) < 4.78 is 4.91. The fraction of sp³-hybridized carbons (Fsp3) is 0.625. The van der Waals surface area contributed by atoms with E-state index in [0.29, 0.717) is 6.42 Å². The summed E-state index contributed by atoms with van der Waals surface area (Å²) in [6.07, 6.45) is 9.24. The van der Waals surface area contributed by atoms with Crippen molar-refractivity contribution in [2.45, 2.75) is 52.2 Å². The molecule has 2 fully saturated rings. The molecule has 6 heteroatoms. The highest BCUT2D eigenvalue weighted by atomic mass is 16.5. The highest BCUT2D eigenvalue weighted by Gasteiger charge is 2.70. The second kappa shape index (κ2) is 6.72. The molecule has 0 heterocycles. The summed E-state index contributed by atoms with van der Waals surface area (Å²) in [5, 5.41) is 23.0. The van der Waals surface area contributed by atoms with Crippen LogP contribution in [0.3, 0.4) is 0 Å². The maximum Gasteiger partial charge on any atom is 0.303 e. The number of rotatable bonds is 3. The molecular weight excluding hydrogens is 384 g/mol. The number of fused-ring (bicyclic) bond motifs is 5. The van der Waals surface area contributed by atoms with E-state index < -0.39 is 40.9 Å². The number of Topliss-reactive ketones (excluding diaryl/α,β-unsaturated/α-hetero) is 1. The largest absolute Gasteiger partial charge is 0.458 e. The van der Waals surface area contributed by atoms with Crippen LogP contribution in [0.25, 0.3) is 0 Å². The molecule has 0 aromatic heterocycles. The van der Waals surface area contributed by atoms with E-state index in [1.54, 1.807) is 12.2 Å². The van der Waals surface area contributed by atoms with E-state index in [-0.39, 0.29) is 35.9 Å². The van der Waals surface area contributed by atoms with Crippen LogP contribution in [-0.2, 0) is 19.1 Å². The molecule has 30 heavy (non-hydrogen) atoms. The monoisotopic (exact) mass is 414 g/mol. The first-order chi connectivity index (χ1) is 13.9. The Balaban J connectivity index is 1.74. The standard InChI is InChI=1S/C24H30O6/c1-13-9-18-17-6-5-15-10-16(26)7-8-22(15,3)21(17)19(27)11-23(18,4)24(13,29)20(28)12-30-14(2)25/h5-8,10,13,17-19,21,27,29H,9,11-12H2,1-4H3/t13-,17+,18+,19+,21-,22+,23+,24+/m1/s1.